The molecular weight excluding hydrogens is 228 g/mol. The molecule has 0 bridgehead atoms. The number of hydrogen-bond acceptors (Lipinski definition) is 2. The first-order valence-corrected chi connectivity index (χ1v) is 5.76. The van der Waals surface area contributed by atoms with Crippen molar-refractivity contribution in [1.29, 1.82) is 0 Å². The van der Waals surface area contributed by atoms with Gasteiger partial charge in [-0.3, -0.25) is 0 Å². The van der Waals surface area contributed by atoms with Gasteiger partial charge in [0.05, 0.1) is 0 Å². The molecule has 0 aliphatic heterocycles. The molecule has 2 aromatic rings. The molecule has 2 rings (SSSR count). The largest absolute Gasteiger partial charge is 0.507 e. The minimum absolute atomic E-state index is 0.0411. The fourth-order valence-electron chi connectivity index (χ4n) is 1.89. The van der Waals surface area contributed by atoms with Crippen LogP contribution >= 0.6 is 0 Å². The van der Waals surface area contributed by atoms with Crippen LogP contribution in [0.2, 0.25) is 0 Å². The first-order chi connectivity index (χ1) is 8.68. The second kappa shape index (κ2) is 5.36. The number of aromatic hydroxyl groups is 1. The van der Waals surface area contributed by atoms with Gasteiger partial charge in [-0.15, -0.1) is 0 Å². The lowest BCUT2D eigenvalue weighted by atomic mass is 10.0. The third-order valence-corrected chi connectivity index (χ3v) is 2.88. The first kappa shape index (κ1) is 12.2. The van der Waals surface area contributed by atoms with Crippen LogP contribution in [0.4, 0.5) is 0 Å². The van der Waals surface area contributed by atoms with E-state index in [0.717, 1.165) is 12.0 Å². The summed E-state index contributed by atoms with van der Waals surface area (Å²) in [5, 5.41) is 18.8. The maximum atomic E-state index is 10.9. The van der Waals surface area contributed by atoms with Crippen LogP contribution in [0.3, 0.4) is 0 Å². The van der Waals surface area contributed by atoms with Crippen LogP contribution in [0.25, 0.3) is 0 Å². The highest BCUT2D eigenvalue weighted by Gasteiger charge is 2.12. The smallest absolute Gasteiger partial charge is 0.339 e. The molecule has 0 saturated heterocycles. The van der Waals surface area contributed by atoms with Crippen LogP contribution in [0, 0.1) is 0 Å². The molecule has 2 N–H and O–H groups in total. The molecule has 0 fully saturated rings. The van der Waals surface area contributed by atoms with Crippen LogP contribution in [-0.2, 0) is 12.8 Å². The monoisotopic (exact) mass is 242 g/mol. The van der Waals surface area contributed by atoms with Gasteiger partial charge in [-0.1, -0.05) is 42.5 Å². The van der Waals surface area contributed by atoms with Gasteiger partial charge in [-0.25, -0.2) is 4.79 Å². The number of phenols is 1. The molecule has 0 aliphatic rings. The molecule has 2 aromatic carbocycles. The molecule has 0 heterocycles. The van der Waals surface area contributed by atoms with Gasteiger partial charge >= 0.3 is 5.97 Å². The molecule has 0 spiro atoms. The van der Waals surface area contributed by atoms with E-state index in [9.17, 15) is 9.90 Å². The third kappa shape index (κ3) is 2.69. The van der Waals surface area contributed by atoms with Crippen molar-refractivity contribution in [3.05, 3.63) is 65.2 Å². The number of aryl methyl sites for hydroxylation is 2. The quantitative estimate of drug-likeness (QED) is 0.866. The average Bonchev–Trinajstić information content (AvgIpc) is 2.38. The minimum atomic E-state index is -1.10. The van der Waals surface area contributed by atoms with Gasteiger partial charge in [0, 0.05) is 0 Å². The summed E-state index contributed by atoms with van der Waals surface area (Å²) in [4.78, 5) is 10.9. The number of hydrogen-bond donors (Lipinski definition) is 2. The highest BCUT2D eigenvalue weighted by Crippen LogP contribution is 2.23. The van der Waals surface area contributed by atoms with Crippen LogP contribution < -0.4 is 0 Å². The van der Waals surface area contributed by atoms with E-state index in [1.165, 1.54) is 6.07 Å². The van der Waals surface area contributed by atoms with Crippen LogP contribution in [-0.4, -0.2) is 16.2 Å². The Kier molecular flexibility index (Phi) is 3.63. The molecule has 0 aliphatic carbocycles. The Labute approximate surface area is 105 Å². The predicted octanol–water partition coefficient (Wildman–Crippen LogP) is 2.88. The summed E-state index contributed by atoms with van der Waals surface area (Å²) >= 11 is 0. The maximum Gasteiger partial charge on any atom is 0.339 e. The number of carboxylic acids is 1. The molecule has 0 atom stereocenters. The van der Waals surface area contributed by atoms with E-state index in [4.69, 9.17) is 5.11 Å². The molecule has 0 unspecified atom stereocenters. The van der Waals surface area contributed by atoms with Gasteiger partial charge < -0.3 is 10.2 Å². The van der Waals surface area contributed by atoms with E-state index in [0.29, 0.717) is 12.0 Å². The number of benzene rings is 2. The molecule has 0 amide bonds. The summed E-state index contributed by atoms with van der Waals surface area (Å²) in [5.41, 5.74) is 1.79. The Morgan fingerprint density at radius 2 is 1.67 bits per heavy atom. The van der Waals surface area contributed by atoms with Gasteiger partial charge in [0.1, 0.15) is 11.3 Å². The predicted molar refractivity (Wildman–Crippen MR) is 68.9 cm³/mol. The maximum absolute atomic E-state index is 10.9. The van der Waals surface area contributed by atoms with Crippen molar-refractivity contribution in [2.45, 2.75) is 12.8 Å². The van der Waals surface area contributed by atoms with Crippen LogP contribution in [0.15, 0.2) is 48.5 Å². The summed E-state index contributed by atoms with van der Waals surface area (Å²) in [6.07, 6.45) is 1.40. The van der Waals surface area contributed by atoms with E-state index >= 15 is 0 Å². The summed E-state index contributed by atoms with van der Waals surface area (Å²) in [6.45, 7) is 0. The van der Waals surface area contributed by atoms with Crippen LogP contribution in [0.5, 0.6) is 5.75 Å². The molecule has 92 valence electrons. The van der Waals surface area contributed by atoms with Gasteiger partial charge in [-0.2, -0.15) is 0 Å². The van der Waals surface area contributed by atoms with E-state index in [-0.39, 0.29) is 11.3 Å². The SMILES string of the molecule is O=C(O)c1cccc(CCc2ccccc2)c1O. The molecule has 0 aromatic heterocycles. The number of carboxylic acid groups (broad SMARTS) is 1. The molecule has 0 saturated carbocycles. The summed E-state index contributed by atoms with van der Waals surface area (Å²) < 4.78 is 0. The van der Waals surface area contributed by atoms with E-state index in [1.54, 1.807) is 12.1 Å². The average molecular weight is 242 g/mol. The molecular formula is C15H14O3. The van der Waals surface area contributed by atoms with Crippen molar-refractivity contribution in [3.63, 3.8) is 0 Å². The standard InChI is InChI=1S/C15H14O3/c16-14-12(7-4-8-13(14)15(17)18)10-9-11-5-2-1-3-6-11/h1-8,16H,9-10H2,(H,17,18). The van der Waals surface area contributed by atoms with E-state index in [1.807, 2.05) is 30.3 Å². The van der Waals surface area contributed by atoms with Gasteiger partial charge in [-0.05, 0) is 30.0 Å². The minimum Gasteiger partial charge on any atom is -0.507 e. The van der Waals surface area contributed by atoms with E-state index < -0.39 is 5.97 Å². The third-order valence-electron chi connectivity index (χ3n) is 2.88. The molecule has 0 radical (unpaired) electrons. The van der Waals surface area contributed by atoms with Crippen molar-refractivity contribution < 1.29 is 15.0 Å². The Balaban J connectivity index is 2.15. The number of aromatic carboxylic acids is 1. The first-order valence-electron chi connectivity index (χ1n) is 5.76. The van der Waals surface area contributed by atoms with Crippen molar-refractivity contribution in [2.24, 2.45) is 0 Å². The van der Waals surface area contributed by atoms with E-state index in [2.05, 4.69) is 0 Å². The zero-order valence-corrected chi connectivity index (χ0v) is 9.84. The zero-order chi connectivity index (χ0) is 13.0. The molecule has 18 heavy (non-hydrogen) atoms. The Hall–Kier alpha value is -2.29. The summed E-state index contributed by atoms with van der Waals surface area (Å²) in [5.74, 6) is -1.23. The Bertz CT molecular complexity index is 547. The van der Waals surface area contributed by atoms with Gasteiger partial charge in [0.25, 0.3) is 0 Å². The van der Waals surface area contributed by atoms with Crippen molar-refractivity contribution >= 4 is 5.97 Å². The highest BCUT2D eigenvalue weighted by atomic mass is 16.4. The van der Waals surface area contributed by atoms with Crippen LogP contribution in [0.1, 0.15) is 21.5 Å². The highest BCUT2D eigenvalue weighted by molar-refractivity contribution is 5.91. The Morgan fingerprint density at radius 3 is 2.33 bits per heavy atom. The van der Waals surface area contributed by atoms with Gasteiger partial charge in [0.15, 0.2) is 0 Å². The van der Waals surface area contributed by atoms with Gasteiger partial charge in [0.2, 0.25) is 0 Å². The molecule has 3 nitrogen and oxygen atoms in total. The Morgan fingerprint density at radius 1 is 0.944 bits per heavy atom. The summed E-state index contributed by atoms with van der Waals surface area (Å²) in [7, 11) is 0. The lowest BCUT2D eigenvalue weighted by Crippen LogP contribution is -2.00. The van der Waals surface area contributed by atoms with Crippen molar-refractivity contribution in [1.82, 2.24) is 0 Å². The fourth-order valence-corrected chi connectivity index (χ4v) is 1.89. The fraction of sp³-hybridized carbons (Fsp3) is 0.133. The number of rotatable bonds is 4. The lowest BCUT2D eigenvalue weighted by Gasteiger charge is -2.07. The summed E-state index contributed by atoms with van der Waals surface area (Å²) in [6, 6.07) is 14.7. The van der Waals surface area contributed by atoms with Crippen molar-refractivity contribution in [2.75, 3.05) is 0 Å². The second-order valence-corrected chi connectivity index (χ2v) is 4.10. The number of carbonyl (C=O) groups is 1. The lowest BCUT2D eigenvalue weighted by molar-refractivity contribution is 0.0693. The topological polar surface area (TPSA) is 57.5 Å². The number of para-hydroxylation sites is 1. The zero-order valence-electron chi connectivity index (χ0n) is 9.84. The molecule has 3 heteroatoms. The van der Waals surface area contributed by atoms with Crippen molar-refractivity contribution in [3.8, 4) is 5.75 Å². The normalized spacial score (nSPS) is 10.2. The second-order valence-electron chi connectivity index (χ2n) is 4.10.